The van der Waals surface area contributed by atoms with E-state index >= 15 is 0 Å². The van der Waals surface area contributed by atoms with Crippen LogP contribution < -0.4 is 0 Å². The van der Waals surface area contributed by atoms with Crippen molar-refractivity contribution in [1.82, 2.24) is 9.97 Å². The largest absolute Gasteiger partial charge is 0.348 e. The van der Waals surface area contributed by atoms with Crippen LogP contribution in [0.1, 0.15) is 11.3 Å². The summed E-state index contributed by atoms with van der Waals surface area (Å²) in [4.78, 5) is 7.00. The lowest BCUT2D eigenvalue weighted by Crippen LogP contribution is -1.87. The first-order chi connectivity index (χ1) is 6.34. The van der Waals surface area contributed by atoms with Crippen molar-refractivity contribution in [1.29, 1.82) is 0 Å². The van der Waals surface area contributed by atoms with E-state index in [9.17, 15) is 0 Å². The summed E-state index contributed by atoms with van der Waals surface area (Å²) in [5.74, 6) is 0. The number of aromatic amines is 1. The molecule has 0 unspecified atom stereocenters. The smallest absolute Gasteiger partial charge is 0.0921 e. The average Bonchev–Trinajstić information content (AvgIpc) is 2.57. The fourth-order valence-electron chi connectivity index (χ4n) is 1.25. The van der Waals surface area contributed by atoms with Gasteiger partial charge in [-0.2, -0.15) is 0 Å². The van der Waals surface area contributed by atoms with Gasteiger partial charge in [-0.05, 0) is 17.7 Å². The molecule has 0 aliphatic rings. The van der Waals surface area contributed by atoms with Crippen molar-refractivity contribution in [2.75, 3.05) is 0 Å². The van der Waals surface area contributed by atoms with Gasteiger partial charge in [0.2, 0.25) is 0 Å². The van der Waals surface area contributed by atoms with Gasteiger partial charge in [0, 0.05) is 23.3 Å². The van der Waals surface area contributed by atoms with Crippen molar-refractivity contribution in [3.63, 3.8) is 0 Å². The van der Waals surface area contributed by atoms with Crippen LogP contribution in [0.3, 0.4) is 0 Å². The number of nitrogens with zero attached hydrogens (tertiary/aromatic N) is 1. The molecule has 1 heterocycles. The highest BCUT2D eigenvalue weighted by molar-refractivity contribution is 6.30. The molecule has 2 rings (SSSR count). The summed E-state index contributed by atoms with van der Waals surface area (Å²) in [6.45, 7) is 0. The van der Waals surface area contributed by atoms with E-state index in [2.05, 4.69) is 9.97 Å². The van der Waals surface area contributed by atoms with Crippen LogP contribution in [0.4, 0.5) is 0 Å². The van der Waals surface area contributed by atoms with E-state index in [0.29, 0.717) is 0 Å². The summed E-state index contributed by atoms with van der Waals surface area (Å²) < 4.78 is 0. The molecule has 0 fully saturated rings. The fraction of sp³-hybridized carbons (Fsp3) is 0.100. The average molecular weight is 193 g/mol. The summed E-state index contributed by atoms with van der Waals surface area (Å²) in [5.41, 5.74) is 2.29. The fourth-order valence-corrected chi connectivity index (χ4v) is 1.46. The number of nitrogens with one attached hydrogen (secondary N) is 1. The highest BCUT2D eigenvalue weighted by Crippen LogP contribution is 2.13. The summed E-state index contributed by atoms with van der Waals surface area (Å²) in [6.07, 6.45) is 4.35. The molecule has 13 heavy (non-hydrogen) atoms. The first-order valence-corrected chi connectivity index (χ1v) is 4.44. The van der Waals surface area contributed by atoms with Gasteiger partial charge >= 0.3 is 0 Å². The lowest BCUT2D eigenvalue weighted by molar-refractivity contribution is 1.11. The zero-order chi connectivity index (χ0) is 9.10. The first-order valence-electron chi connectivity index (χ1n) is 4.06. The van der Waals surface area contributed by atoms with Crippen LogP contribution in [-0.4, -0.2) is 9.97 Å². The second-order valence-electron chi connectivity index (χ2n) is 2.88. The summed E-state index contributed by atoms with van der Waals surface area (Å²) in [6, 6.07) is 7.83. The molecule has 0 aliphatic carbocycles. The van der Waals surface area contributed by atoms with Crippen molar-refractivity contribution < 1.29 is 0 Å². The van der Waals surface area contributed by atoms with Crippen LogP contribution in [0, 0.1) is 0 Å². The van der Waals surface area contributed by atoms with Crippen LogP contribution in [0.15, 0.2) is 36.8 Å². The highest BCUT2D eigenvalue weighted by atomic mass is 35.5. The Bertz CT molecular complexity index is 382. The van der Waals surface area contributed by atoms with E-state index in [1.807, 2.05) is 30.5 Å². The minimum atomic E-state index is 0.775. The molecule has 1 aromatic heterocycles. The van der Waals surface area contributed by atoms with E-state index in [4.69, 9.17) is 11.6 Å². The Morgan fingerprint density at radius 3 is 3.00 bits per heavy atom. The molecule has 1 aromatic carbocycles. The topological polar surface area (TPSA) is 28.7 Å². The van der Waals surface area contributed by atoms with E-state index in [-0.39, 0.29) is 0 Å². The van der Waals surface area contributed by atoms with Crippen LogP contribution >= 0.6 is 11.6 Å². The highest BCUT2D eigenvalue weighted by Gasteiger charge is 1.97. The van der Waals surface area contributed by atoms with Gasteiger partial charge in [-0.1, -0.05) is 23.7 Å². The number of hydrogen-bond donors (Lipinski definition) is 1. The zero-order valence-corrected chi connectivity index (χ0v) is 7.75. The summed E-state index contributed by atoms with van der Waals surface area (Å²) in [7, 11) is 0. The third kappa shape index (κ3) is 2.10. The molecule has 0 radical (unpaired) electrons. The molecule has 3 heteroatoms. The zero-order valence-electron chi connectivity index (χ0n) is 7.00. The Kier molecular flexibility index (Phi) is 2.32. The molecule has 2 nitrogen and oxygen atoms in total. The summed E-state index contributed by atoms with van der Waals surface area (Å²) in [5, 5.41) is 0.775. The Balaban J connectivity index is 2.19. The first kappa shape index (κ1) is 8.32. The lowest BCUT2D eigenvalue weighted by atomic mass is 10.1. The second kappa shape index (κ2) is 3.62. The van der Waals surface area contributed by atoms with Crippen molar-refractivity contribution in [3.8, 4) is 0 Å². The van der Waals surface area contributed by atoms with Gasteiger partial charge in [0.25, 0.3) is 0 Å². The van der Waals surface area contributed by atoms with Crippen molar-refractivity contribution >= 4 is 11.6 Å². The molecule has 0 amide bonds. The quantitative estimate of drug-likeness (QED) is 0.779. The lowest BCUT2D eigenvalue weighted by Gasteiger charge is -1.98. The number of hydrogen-bond acceptors (Lipinski definition) is 1. The van der Waals surface area contributed by atoms with Crippen LogP contribution in [0.5, 0.6) is 0 Å². The number of H-pyrrole nitrogens is 1. The minimum Gasteiger partial charge on any atom is -0.348 e. The maximum Gasteiger partial charge on any atom is 0.0921 e. The molecular formula is C10H9ClN2. The van der Waals surface area contributed by atoms with Gasteiger partial charge in [0.1, 0.15) is 0 Å². The number of rotatable bonds is 2. The third-order valence-electron chi connectivity index (χ3n) is 1.84. The SMILES string of the molecule is Clc1cccc(Cc2cnc[nH]2)c1. The van der Waals surface area contributed by atoms with Gasteiger partial charge < -0.3 is 4.98 Å². The molecule has 1 N–H and O–H groups in total. The Labute approximate surface area is 81.6 Å². The molecule has 0 spiro atoms. The molecule has 0 bridgehead atoms. The number of imidazole rings is 1. The Morgan fingerprint density at radius 2 is 2.31 bits per heavy atom. The summed E-state index contributed by atoms with van der Waals surface area (Å²) >= 11 is 5.86. The van der Waals surface area contributed by atoms with Crippen LogP contribution in [0.25, 0.3) is 0 Å². The molecule has 0 aliphatic heterocycles. The van der Waals surface area contributed by atoms with E-state index < -0.39 is 0 Å². The number of aromatic nitrogens is 2. The molecule has 0 saturated heterocycles. The predicted molar refractivity (Wildman–Crippen MR) is 52.8 cm³/mol. The van der Waals surface area contributed by atoms with Crippen LogP contribution in [0.2, 0.25) is 5.02 Å². The van der Waals surface area contributed by atoms with Gasteiger partial charge in [-0.25, -0.2) is 4.98 Å². The Morgan fingerprint density at radius 1 is 1.38 bits per heavy atom. The third-order valence-corrected chi connectivity index (χ3v) is 2.07. The second-order valence-corrected chi connectivity index (χ2v) is 3.32. The number of halogens is 1. The van der Waals surface area contributed by atoms with Crippen molar-refractivity contribution in [2.24, 2.45) is 0 Å². The van der Waals surface area contributed by atoms with Crippen molar-refractivity contribution in [3.05, 3.63) is 53.1 Å². The van der Waals surface area contributed by atoms with Gasteiger partial charge in [0.15, 0.2) is 0 Å². The van der Waals surface area contributed by atoms with E-state index in [0.717, 1.165) is 17.1 Å². The molecule has 0 atom stereocenters. The monoisotopic (exact) mass is 192 g/mol. The van der Waals surface area contributed by atoms with Crippen LogP contribution in [-0.2, 0) is 6.42 Å². The maximum absolute atomic E-state index is 5.86. The standard InChI is InChI=1S/C10H9ClN2/c11-9-3-1-2-8(4-9)5-10-6-12-7-13-10/h1-4,6-7H,5H2,(H,12,13). The predicted octanol–water partition coefficient (Wildman–Crippen LogP) is 2.65. The molecule has 2 aromatic rings. The van der Waals surface area contributed by atoms with Gasteiger partial charge in [0.05, 0.1) is 6.33 Å². The molecule has 0 saturated carbocycles. The van der Waals surface area contributed by atoms with Gasteiger partial charge in [-0.15, -0.1) is 0 Å². The minimum absolute atomic E-state index is 0.775. The van der Waals surface area contributed by atoms with E-state index in [1.54, 1.807) is 6.33 Å². The molecule has 66 valence electrons. The molecular weight excluding hydrogens is 184 g/mol. The number of benzene rings is 1. The van der Waals surface area contributed by atoms with E-state index in [1.165, 1.54) is 5.56 Å². The normalized spacial score (nSPS) is 10.2. The maximum atomic E-state index is 5.86. The van der Waals surface area contributed by atoms with Crippen molar-refractivity contribution in [2.45, 2.75) is 6.42 Å². The van der Waals surface area contributed by atoms with Gasteiger partial charge in [-0.3, -0.25) is 0 Å². The Hall–Kier alpha value is -1.28.